The Kier molecular flexibility index (Phi) is 9.14. The molecule has 0 amide bonds. The second-order valence-corrected chi connectivity index (χ2v) is 9.03. The van der Waals surface area contributed by atoms with Crippen LogP contribution in [0.1, 0.15) is 36.8 Å². The van der Waals surface area contributed by atoms with E-state index in [4.69, 9.17) is 12.2 Å². The van der Waals surface area contributed by atoms with E-state index in [9.17, 15) is 13.2 Å². The van der Waals surface area contributed by atoms with Crippen molar-refractivity contribution in [3.8, 4) is 0 Å². The fourth-order valence-electron chi connectivity index (χ4n) is 2.36. The summed E-state index contributed by atoms with van der Waals surface area (Å²) < 4.78 is 30.6. The van der Waals surface area contributed by atoms with Crippen LogP contribution in [0.2, 0.25) is 0 Å². The minimum absolute atomic E-state index is 0.196. The minimum Gasteiger partial charge on any atom is -0.469 e. The third-order valence-electron chi connectivity index (χ3n) is 4.24. The molecule has 0 fully saturated rings. The zero-order chi connectivity index (χ0) is 20.6. The highest BCUT2D eigenvalue weighted by Gasteiger charge is 2.19. The molecule has 0 atom stereocenters. The van der Waals surface area contributed by atoms with Crippen molar-refractivity contribution in [3.05, 3.63) is 23.3 Å². The number of hydrogen-bond donors (Lipinski definition) is 2. The van der Waals surface area contributed by atoms with Gasteiger partial charge in [0.1, 0.15) is 0 Å². The quantitative estimate of drug-likeness (QED) is 0.364. The topological polar surface area (TPSA) is 87.7 Å². The van der Waals surface area contributed by atoms with Gasteiger partial charge in [-0.2, -0.15) is 0 Å². The molecule has 1 aromatic carbocycles. The summed E-state index contributed by atoms with van der Waals surface area (Å²) >= 11 is 5.31. The van der Waals surface area contributed by atoms with Gasteiger partial charge in [0.25, 0.3) is 0 Å². The number of sulfonamides is 1. The van der Waals surface area contributed by atoms with Gasteiger partial charge in [0, 0.05) is 32.7 Å². The van der Waals surface area contributed by atoms with E-state index in [1.54, 1.807) is 12.1 Å². The molecule has 0 saturated carbocycles. The van der Waals surface area contributed by atoms with Crippen molar-refractivity contribution in [2.45, 2.75) is 44.4 Å². The molecule has 7 nitrogen and oxygen atoms in total. The fourth-order valence-corrected chi connectivity index (χ4v) is 3.58. The highest BCUT2D eigenvalue weighted by Crippen LogP contribution is 2.25. The molecule has 0 spiro atoms. The fraction of sp³-hybridized carbons (Fsp3) is 0.556. The lowest BCUT2D eigenvalue weighted by Gasteiger charge is -2.17. The van der Waals surface area contributed by atoms with Crippen LogP contribution in [0.25, 0.3) is 0 Å². The minimum atomic E-state index is -3.52. The molecule has 1 aromatic rings. The van der Waals surface area contributed by atoms with Gasteiger partial charge in [-0.3, -0.25) is 4.79 Å². The van der Waals surface area contributed by atoms with E-state index in [0.717, 1.165) is 30.4 Å². The van der Waals surface area contributed by atoms with Crippen LogP contribution in [0.4, 0.5) is 5.69 Å². The first-order valence-corrected chi connectivity index (χ1v) is 10.6. The number of unbranched alkanes of at least 4 members (excludes halogenated alkanes) is 2. The number of esters is 1. The molecule has 0 bridgehead atoms. The normalized spacial score (nSPS) is 11.3. The lowest BCUT2D eigenvalue weighted by atomic mass is 10.1. The molecule has 0 aliphatic rings. The van der Waals surface area contributed by atoms with Crippen molar-refractivity contribution in [2.75, 3.05) is 33.1 Å². The van der Waals surface area contributed by atoms with E-state index in [-0.39, 0.29) is 10.9 Å². The summed E-state index contributed by atoms with van der Waals surface area (Å²) in [5.41, 5.74) is 2.47. The highest BCUT2D eigenvalue weighted by atomic mass is 32.2. The maximum absolute atomic E-state index is 12.4. The van der Waals surface area contributed by atoms with Crippen LogP contribution in [0.3, 0.4) is 0 Å². The Hall–Kier alpha value is -1.71. The Morgan fingerprint density at radius 3 is 2.44 bits per heavy atom. The van der Waals surface area contributed by atoms with Crippen molar-refractivity contribution in [3.63, 3.8) is 0 Å². The molecule has 9 heteroatoms. The van der Waals surface area contributed by atoms with Crippen LogP contribution in [0.15, 0.2) is 17.0 Å². The van der Waals surface area contributed by atoms with Crippen molar-refractivity contribution >= 4 is 39.0 Å². The zero-order valence-electron chi connectivity index (χ0n) is 16.6. The molecule has 0 heterocycles. The molecule has 27 heavy (non-hydrogen) atoms. The van der Waals surface area contributed by atoms with E-state index >= 15 is 0 Å². The number of benzene rings is 1. The van der Waals surface area contributed by atoms with Gasteiger partial charge in [0.2, 0.25) is 10.0 Å². The van der Waals surface area contributed by atoms with Crippen LogP contribution in [-0.4, -0.2) is 51.6 Å². The van der Waals surface area contributed by atoms with Crippen molar-refractivity contribution in [1.29, 1.82) is 0 Å². The van der Waals surface area contributed by atoms with Gasteiger partial charge in [-0.25, -0.2) is 12.7 Å². The predicted octanol–water partition coefficient (Wildman–Crippen LogP) is 2.57. The number of hydrogen-bond acceptors (Lipinski definition) is 5. The van der Waals surface area contributed by atoms with Crippen molar-refractivity contribution < 1.29 is 17.9 Å². The second kappa shape index (κ2) is 10.6. The van der Waals surface area contributed by atoms with Crippen LogP contribution in [0.5, 0.6) is 0 Å². The van der Waals surface area contributed by atoms with Gasteiger partial charge in [0.15, 0.2) is 5.11 Å². The molecule has 152 valence electrons. The number of nitrogens with one attached hydrogen (secondary N) is 2. The Labute approximate surface area is 167 Å². The molecule has 0 radical (unpaired) electrons. The van der Waals surface area contributed by atoms with Gasteiger partial charge in [-0.15, -0.1) is 0 Å². The summed E-state index contributed by atoms with van der Waals surface area (Å²) in [5, 5.41) is 6.62. The maximum atomic E-state index is 12.4. The van der Waals surface area contributed by atoms with Crippen molar-refractivity contribution in [2.24, 2.45) is 0 Å². The summed E-state index contributed by atoms with van der Waals surface area (Å²) in [4.78, 5) is 11.3. The average Bonchev–Trinajstić information content (AvgIpc) is 2.61. The van der Waals surface area contributed by atoms with E-state index in [1.165, 1.54) is 25.5 Å². The van der Waals surface area contributed by atoms with Crippen LogP contribution >= 0.6 is 12.2 Å². The SMILES string of the molecule is COC(=O)CCCCCNC(=S)Nc1cc(S(=O)(=O)N(C)C)cc(C)c1C. The number of aryl methyl sites for hydroxylation is 1. The number of thiocarbonyl (C=S) groups is 1. The summed E-state index contributed by atoms with van der Waals surface area (Å²) in [7, 11) is 0.874. The molecule has 1 rings (SSSR count). The Morgan fingerprint density at radius 2 is 1.85 bits per heavy atom. The lowest BCUT2D eigenvalue weighted by Crippen LogP contribution is -2.30. The summed E-state index contributed by atoms with van der Waals surface area (Å²) in [6.07, 6.45) is 2.95. The van der Waals surface area contributed by atoms with Gasteiger partial charge in [-0.05, 0) is 62.2 Å². The lowest BCUT2D eigenvalue weighted by molar-refractivity contribution is -0.140. The van der Waals surface area contributed by atoms with E-state index in [1.807, 2.05) is 13.8 Å². The first kappa shape index (κ1) is 23.3. The number of anilines is 1. The standard InChI is InChI=1S/C18H29N3O4S2/c1-13-11-15(27(23,24)21(3)4)12-16(14(13)2)20-18(26)19-10-8-6-7-9-17(22)25-5/h11-12H,6-10H2,1-5H3,(H2,19,20,26). The molecule has 0 aliphatic heterocycles. The van der Waals surface area contributed by atoms with Crippen LogP contribution in [0, 0.1) is 13.8 Å². The van der Waals surface area contributed by atoms with E-state index in [2.05, 4.69) is 15.4 Å². The second-order valence-electron chi connectivity index (χ2n) is 6.47. The predicted molar refractivity (Wildman–Crippen MR) is 111 cm³/mol. The van der Waals surface area contributed by atoms with E-state index < -0.39 is 10.0 Å². The molecular weight excluding hydrogens is 386 g/mol. The number of rotatable bonds is 9. The highest BCUT2D eigenvalue weighted by molar-refractivity contribution is 7.89. The Morgan fingerprint density at radius 1 is 1.19 bits per heavy atom. The average molecular weight is 416 g/mol. The molecule has 2 N–H and O–H groups in total. The molecular formula is C18H29N3O4S2. The summed E-state index contributed by atoms with van der Waals surface area (Å²) in [5.74, 6) is -0.196. The maximum Gasteiger partial charge on any atom is 0.305 e. The van der Waals surface area contributed by atoms with Crippen LogP contribution < -0.4 is 10.6 Å². The summed E-state index contributed by atoms with van der Waals surface area (Å²) in [6, 6.07) is 3.26. The molecule has 0 aliphatic carbocycles. The van der Waals surface area contributed by atoms with Crippen molar-refractivity contribution in [1.82, 2.24) is 9.62 Å². The number of carbonyl (C=O) groups excluding carboxylic acids is 1. The molecule has 0 saturated heterocycles. The van der Waals surface area contributed by atoms with Crippen LogP contribution in [-0.2, 0) is 19.6 Å². The number of methoxy groups -OCH3 is 1. The summed E-state index contributed by atoms with van der Waals surface area (Å²) in [6.45, 7) is 4.45. The smallest absolute Gasteiger partial charge is 0.305 e. The largest absolute Gasteiger partial charge is 0.469 e. The Bertz CT molecular complexity index is 777. The third-order valence-corrected chi connectivity index (χ3v) is 6.28. The van der Waals surface area contributed by atoms with Gasteiger partial charge >= 0.3 is 5.97 Å². The first-order chi connectivity index (χ1) is 12.6. The number of carbonyl (C=O) groups is 1. The van der Waals surface area contributed by atoms with Gasteiger partial charge in [0.05, 0.1) is 12.0 Å². The monoisotopic (exact) mass is 415 g/mol. The van der Waals surface area contributed by atoms with Gasteiger partial charge < -0.3 is 15.4 Å². The molecule has 0 unspecified atom stereocenters. The molecule has 0 aromatic heterocycles. The first-order valence-electron chi connectivity index (χ1n) is 8.75. The third kappa shape index (κ3) is 7.08. The number of nitrogens with zero attached hydrogens (tertiary/aromatic N) is 1. The zero-order valence-corrected chi connectivity index (χ0v) is 18.2. The number of ether oxygens (including phenoxy) is 1. The Balaban J connectivity index is 2.64. The van der Waals surface area contributed by atoms with Gasteiger partial charge in [-0.1, -0.05) is 6.42 Å². The van der Waals surface area contributed by atoms with E-state index in [0.29, 0.717) is 23.8 Å².